The second kappa shape index (κ2) is 5.01. The van der Waals surface area contributed by atoms with Crippen LogP contribution in [0.15, 0.2) is 35.5 Å². The molecular formula is C17H17FN4O. The first-order valence-corrected chi connectivity index (χ1v) is 7.75. The summed E-state index contributed by atoms with van der Waals surface area (Å²) in [6, 6.07) is 5.90. The van der Waals surface area contributed by atoms with Crippen molar-refractivity contribution in [2.45, 2.75) is 32.7 Å². The van der Waals surface area contributed by atoms with Crippen LogP contribution in [0.3, 0.4) is 0 Å². The zero-order valence-electron chi connectivity index (χ0n) is 13.0. The lowest BCUT2D eigenvalue weighted by Crippen LogP contribution is -2.33. The molecule has 2 aromatic rings. The van der Waals surface area contributed by atoms with Gasteiger partial charge in [-0.25, -0.2) is 9.07 Å². The van der Waals surface area contributed by atoms with E-state index >= 15 is 0 Å². The molecule has 1 aromatic heterocycles. The van der Waals surface area contributed by atoms with Crippen molar-refractivity contribution in [2.75, 3.05) is 5.32 Å². The van der Waals surface area contributed by atoms with Gasteiger partial charge in [-0.3, -0.25) is 4.79 Å². The van der Waals surface area contributed by atoms with Gasteiger partial charge >= 0.3 is 0 Å². The highest BCUT2D eigenvalue weighted by molar-refractivity contribution is 5.99. The Hall–Kier alpha value is -2.50. The fourth-order valence-electron chi connectivity index (χ4n) is 3.47. The number of rotatable bonds is 1. The summed E-state index contributed by atoms with van der Waals surface area (Å²) >= 11 is 0. The van der Waals surface area contributed by atoms with E-state index in [4.69, 9.17) is 0 Å². The van der Waals surface area contributed by atoms with Crippen LogP contribution in [0, 0.1) is 18.7 Å². The first-order chi connectivity index (χ1) is 11.0. The highest BCUT2D eigenvalue weighted by atomic mass is 19.1. The average Bonchev–Trinajstić information content (AvgIpc) is 2.85. The van der Waals surface area contributed by atoms with Gasteiger partial charge < -0.3 is 5.32 Å². The molecule has 1 aliphatic carbocycles. The van der Waals surface area contributed by atoms with E-state index in [1.54, 1.807) is 16.8 Å². The van der Waals surface area contributed by atoms with Crippen molar-refractivity contribution in [3.63, 3.8) is 0 Å². The molecule has 0 radical (unpaired) electrons. The quantitative estimate of drug-likeness (QED) is 0.879. The smallest absolute Gasteiger partial charge is 0.226 e. The van der Waals surface area contributed by atoms with Crippen molar-refractivity contribution in [2.24, 2.45) is 5.92 Å². The molecule has 0 amide bonds. The second-order valence-corrected chi connectivity index (χ2v) is 6.34. The molecule has 2 atom stereocenters. The Bertz CT molecular complexity index is 822. The zero-order chi connectivity index (χ0) is 16.1. The number of nitrogens with one attached hydrogen (secondary N) is 1. The van der Waals surface area contributed by atoms with Crippen LogP contribution in [0.25, 0.3) is 0 Å². The molecule has 0 saturated carbocycles. The van der Waals surface area contributed by atoms with E-state index < -0.39 is 0 Å². The number of carbonyl (C=O) groups is 1. The molecule has 2 aliphatic rings. The van der Waals surface area contributed by atoms with Gasteiger partial charge in [0.25, 0.3) is 0 Å². The maximum Gasteiger partial charge on any atom is 0.226 e. The molecule has 1 aliphatic heterocycles. The van der Waals surface area contributed by atoms with Crippen molar-refractivity contribution < 1.29 is 9.18 Å². The number of halogens is 1. The summed E-state index contributed by atoms with van der Waals surface area (Å²) in [5, 5.41) is 7.70. The predicted octanol–water partition coefficient (Wildman–Crippen LogP) is 2.99. The molecule has 1 aromatic carbocycles. The molecule has 0 saturated heterocycles. The number of fused-ring (bicyclic) bond motifs is 1. The van der Waals surface area contributed by atoms with Gasteiger partial charge in [-0.05, 0) is 37.0 Å². The maximum atomic E-state index is 13.3. The number of aryl methyl sites for hydroxylation is 1. The lowest BCUT2D eigenvalue weighted by Gasteiger charge is -2.34. The Balaban J connectivity index is 1.91. The van der Waals surface area contributed by atoms with Gasteiger partial charge in [-0.2, -0.15) is 10.1 Å². The first-order valence-electron chi connectivity index (χ1n) is 7.75. The van der Waals surface area contributed by atoms with E-state index in [1.807, 2.05) is 6.92 Å². The standard InChI is InChI=1S/C17H17FN4O/c1-9-7-13-15(14(23)8-9)16(11-3-5-12(18)6-4-11)22-17(20-13)19-10(2)21-22/h3-6,9,16H,7-8H2,1-2H3,(H,19,20,21). The third-order valence-corrected chi connectivity index (χ3v) is 4.42. The highest BCUT2D eigenvalue weighted by Gasteiger charge is 2.38. The van der Waals surface area contributed by atoms with Crippen LogP contribution in [0.1, 0.15) is 37.2 Å². The lowest BCUT2D eigenvalue weighted by atomic mass is 9.81. The zero-order valence-corrected chi connectivity index (χ0v) is 13.0. The first kappa shape index (κ1) is 14.1. The summed E-state index contributed by atoms with van der Waals surface area (Å²) in [6.07, 6.45) is 1.34. The number of carbonyl (C=O) groups excluding carboxylic acids is 1. The highest BCUT2D eigenvalue weighted by Crippen LogP contribution is 2.41. The van der Waals surface area contributed by atoms with Crippen LogP contribution in [-0.2, 0) is 4.79 Å². The maximum absolute atomic E-state index is 13.3. The van der Waals surface area contributed by atoms with Crippen molar-refractivity contribution in [3.8, 4) is 0 Å². The fraction of sp³-hybridized carbons (Fsp3) is 0.353. The second-order valence-electron chi connectivity index (χ2n) is 6.34. The number of hydrogen-bond donors (Lipinski definition) is 1. The summed E-state index contributed by atoms with van der Waals surface area (Å²) in [5.74, 6) is 1.41. The molecule has 2 heterocycles. The van der Waals surface area contributed by atoms with Gasteiger partial charge in [-0.15, -0.1) is 0 Å². The molecule has 0 spiro atoms. The normalized spacial score (nSPS) is 23.3. The van der Waals surface area contributed by atoms with Crippen molar-refractivity contribution >= 4 is 11.7 Å². The summed E-state index contributed by atoms with van der Waals surface area (Å²) in [5.41, 5.74) is 2.49. The molecular weight excluding hydrogens is 295 g/mol. The topological polar surface area (TPSA) is 59.8 Å². The number of aromatic nitrogens is 3. The van der Waals surface area contributed by atoms with Crippen molar-refractivity contribution in [1.29, 1.82) is 0 Å². The Kier molecular flexibility index (Phi) is 3.07. The van der Waals surface area contributed by atoms with Crippen LogP contribution < -0.4 is 5.32 Å². The molecule has 5 nitrogen and oxygen atoms in total. The number of benzene rings is 1. The minimum atomic E-state index is -0.344. The molecule has 0 fully saturated rings. The van der Waals surface area contributed by atoms with E-state index in [9.17, 15) is 9.18 Å². The lowest BCUT2D eigenvalue weighted by molar-refractivity contribution is -0.117. The SMILES string of the molecule is Cc1nc2n(n1)C(c1ccc(F)cc1)C1=C(CC(C)CC1=O)N2. The summed E-state index contributed by atoms with van der Waals surface area (Å²) < 4.78 is 15.0. The fourth-order valence-corrected chi connectivity index (χ4v) is 3.47. The number of ketones is 1. The molecule has 2 unspecified atom stereocenters. The van der Waals surface area contributed by atoms with E-state index in [0.717, 1.165) is 23.3 Å². The van der Waals surface area contributed by atoms with Crippen LogP contribution >= 0.6 is 0 Å². The predicted molar refractivity (Wildman–Crippen MR) is 83.4 cm³/mol. The van der Waals surface area contributed by atoms with Crippen molar-refractivity contribution in [1.82, 2.24) is 14.8 Å². The number of nitrogens with zero attached hydrogens (tertiary/aromatic N) is 3. The Morgan fingerprint density at radius 1 is 1.26 bits per heavy atom. The Labute approximate surface area is 133 Å². The molecule has 23 heavy (non-hydrogen) atoms. The van der Waals surface area contributed by atoms with Gasteiger partial charge in [0.2, 0.25) is 5.95 Å². The summed E-state index contributed by atoms with van der Waals surface area (Å²) in [7, 11) is 0. The number of hydrogen-bond acceptors (Lipinski definition) is 4. The monoisotopic (exact) mass is 312 g/mol. The average molecular weight is 312 g/mol. The van der Waals surface area contributed by atoms with Crippen molar-refractivity contribution in [3.05, 3.63) is 52.7 Å². The van der Waals surface area contributed by atoms with E-state index in [2.05, 4.69) is 22.3 Å². The number of anilines is 1. The van der Waals surface area contributed by atoms with E-state index in [-0.39, 0.29) is 17.6 Å². The molecule has 4 rings (SSSR count). The van der Waals surface area contributed by atoms with Gasteiger partial charge in [-0.1, -0.05) is 19.1 Å². The third kappa shape index (κ3) is 2.25. The Morgan fingerprint density at radius 3 is 2.74 bits per heavy atom. The van der Waals surface area contributed by atoms with Gasteiger partial charge in [0.1, 0.15) is 17.7 Å². The largest absolute Gasteiger partial charge is 0.328 e. The van der Waals surface area contributed by atoms with Crippen LogP contribution in [0.5, 0.6) is 0 Å². The van der Waals surface area contributed by atoms with Gasteiger partial charge in [0.05, 0.1) is 0 Å². The molecule has 6 heteroatoms. The summed E-state index contributed by atoms with van der Waals surface area (Å²) in [4.78, 5) is 17.1. The summed E-state index contributed by atoms with van der Waals surface area (Å²) in [6.45, 7) is 3.89. The molecule has 118 valence electrons. The van der Waals surface area contributed by atoms with Crippen LogP contribution in [-0.4, -0.2) is 20.5 Å². The minimum Gasteiger partial charge on any atom is -0.328 e. The van der Waals surface area contributed by atoms with Gasteiger partial charge in [0.15, 0.2) is 5.78 Å². The number of Topliss-reactive ketones (excluding diaryl/α,β-unsaturated/α-hetero) is 1. The molecule has 0 bridgehead atoms. The van der Waals surface area contributed by atoms with Crippen LogP contribution in [0.4, 0.5) is 10.3 Å². The number of allylic oxidation sites excluding steroid dienone is 2. The molecule has 1 N–H and O–H groups in total. The Morgan fingerprint density at radius 2 is 2.00 bits per heavy atom. The van der Waals surface area contributed by atoms with Gasteiger partial charge in [0, 0.05) is 17.7 Å². The minimum absolute atomic E-state index is 0.124. The van der Waals surface area contributed by atoms with Crippen LogP contribution in [0.2, 0.25) is 0 Å². The third-order valence-electron chi connectivity index (χ3n) is 4.42. The van der Waals surface area contributed by atoms with E-state index in [1.165, 1.54) is 12.1 Å². The van der Waals surface area contributed by atoms with E-state index in [0.29, 0.717) is 24.1 Å².